The van der Waals surface area contributed by atoms with E-state index in [1.165, 1.54) is 6.07 Å². The maximum atomic E-state index is 14.0. The first-order valence-electron chi connectivity index (χ1n) is 9.15. The number of benzene rings is 3. The summed E-state index contributed by atoms with van der Waals surface area (Å²) in [5.41, 5.74) is 4.14. The summed E-state index contributed by atoms with van der Waals surface area (Å²) in [6, 6.07) is 17.0. The van der Waals surface area contributed by atoms with Crippen LogP contribution in [0.1, 0.15) is 11.1 Å². The van der Waals surface area contributed by atoms with E-state index in [9.17, 15) is 9.18 Å². The number of ether oxygens (including phenoxy) is 1. The van der Waals surface area contributed by atoms with E-state index in [1.54, 1.807) is 36.4 Å². The molecule has 4 rings (SSSR count). The Morgan fingerprint density at radius 3 is 2.69 bits per heavy atom. The number of rotatable bonds is 5. The molecule has 0 aliphatic rings. The molecule has 0 saturated carbocycles. The number of anilines is 1. The number of hydrogen-bond donors (Lipinski definition) is 1. The number of aryl methyl sites for hydroxylation is 2. The van der Waals surface area contributed by atoms with Crippen molar-refractivity contribution in [1.82, 2.24) is 4.98 Å². The van der Waals surface area contributed by atoms with E-state index < -0.39 is 5.82 Å². The van der Waals surface area contributed by atoms with Crippen molar-refractivity contribution >= 4 is 22.7 Å². The molecule has 0 bridgehead atoms. The molecule has 6 heteroatoms. The molecule has 1 aromatic heterocycles. The second-order valence-corrected chi connectivity index (χ2v) is 6.76. The first kappa shape index (κ1) is 18.7. The van der Waals surface area contributed by atoms with Crippen molar-refractivity contribution in [1.29, 1.82) is 0 Å². The Morgan fingerprint density at radius 1 is 1.07 bits per heavy atom. The van der Waals surface area contributed by atoms with Gasteiger partial charge >= 0.3 is 0 Å². The maximum absolute atomic E-state index is 14.0. The van der Waals surface area contributed by atoms with Gasteiger partial charge in [0.1, 0.15) is 17.1 Å². The van der Waals surface area contributed by atoms with Gasteiger partial charge in [-0.25, -0.2) is 9.37 Å². The number of carbonyl (C=O) groups excluding carboxylic acids is 1. The average molecular weight is 390 g/mol. The highest BCUT2D eigenvalue weighted by atomic mass is 19.1. The predicted molar refractivity (Wildman–Crippen MR) is 109 cm³/mol. The first-order chi connectivity index (χ1) is 14.0. The Bertz CT molecular complexity index is 1200. The van der Waals surface area contributed by atoms with Gasteiger partial charge in [0.25, 0.3) is 5.91 Å². The highest BCUT2D eigenvalue weighted by molar-refractivity contribution is 5.94. The lowest BCUT2D eigenvalue weighted by Crippen LogP contribution is -2.20. The number of nitrogens with zero attached hydrogens (tertiary/aromatic N) is 1. The molecular weight excluding hydrogens is 371 g/mol. The smallest absolute Gasteiger partial charge is 0.262 e. The fourth-order valence-electron chi connectivity index (χ4n) is 2.90. The lowest BCUT2D eigenvalue weighted by Gasteiger charge is -2.09. The average Bonchev–Trinajstić information content (AvgIpc) is 3.12. The van der Waals surface area contributed by atoms with Crippen LogP contribution in [0.4, 0.5) is 10.1 Å². The third-order valence-electron chi connectivity index (χ3n) is 4.62. The zero-order valence-corrected chi connectivity index (χ0v) is 16.0. The monoisotopic (exact) mass is 390 g/mol. The van der Waals surface area contributed by atoms with Crippen LogP contribution in [0.2, 0.25) is 0 Å². The van der Waals surface area contributed by atoms with Crippen LogP contribution >= 0.6 is 0 Å². The van der Waals surface area contributed by atoms with Crippen molar-refractivity contribution < 1.29 is 18.3 Å². The zero-order valence-electron chi connectivity index (χ0n) is 16.0. The minimum atomic E-state index is -0.406. The molecule has 0 unspecified atom stereocenters. The lowest BCUT2D eigenvalue weighted by molar-refractivity contribution is -0.118. The van der Waals surface area contributed by atoms with Gasteiger partial charge in [-0.15, -0.1) is 0 Å². The minimum absolute atomic E-state index is 0.111. The van der Waals surface area contributed by atoms with Crippen LogP contribution in [-0.2, 0) is 4.79 Å². The number of nitrogens with one attached hydrogen (secondary N) is 1. The van der Waals surface area contributed by atoms with Crippen molar-refractivity contribution in [3.05, 3.63) is 77.6 Å². The Kier molecular flexibility index (Phi) is 4.99. The van der Waals surface area contributed by atoms with E-state index >= 15 is 0 Å². The SMILES string of the molecule is Cc1ccc(OCC(=O)Nc2ccc3oc(-c4ccccc4F)nc3c2)cc1C. The molecular formula is C23H19FN2O3. The summed E-state index contributed by atoms with van der Waals surface area (Å²) in [6.07, 6.45) is 0. The van der Waals surface area contributed by atoms with E-state index in [1.807, 2.05) is 32.0 Å². The highest BCUT2D eigenvalue weighted by Crippen LogP contribution is 2.27. The molecule has 146 valence electrons. The van der Waals surface area contributed by atoms with Crippen LogP contribution in [0.15, 0.2) is 65.1 Å². The summed E-state index contributed by atoms with van der Waals surface area (Å²) < 4.78 is 25.1. The zero-order chi connectivity index (χ0) is 20.4. The van der Waals surface area contributed by atoms with Crippen molar-refractivity contribution in [3.8, 4) is 17.2 Å². The van der Waals surface area contributed by atoms with Gasteiger partial charge in [-0.1, -0.05) is 18.2 Å². The topological polar surface area (TPSA) is 64.4 Å². The van der Waals surface area contributed by atoms with Gasteiger partial charge in [0.05, 0.1) is 5.56 Å². The summed E-state index contributed by atoms with van der Waals surface area (Å²) in [5, 5.41) is 2.77. The van der Waals surface area contributed by atoms with Crippen LogP contribution in [0.5, 0.6) is 5.75 Å². The van der Waals surface area contributed by atoms with E-state index in [4.69, 9.17) is 9.15 Å². The number of hydrogen-bond acceptors (Lipinski definition) is 4. The molecule has 0 spiro atoms. The molecule has 0 radical (unpaired) electrons. The number of fused-ring (bicyclic) bond motifs is 1. The lowest BCUT2D eigenvalue weighted by atomic mass is 10.1. The molecule has 29 heavy (non-hydrogen) atoms. The molecule has 0 atom stereocenters. The molecule has 1 heterocycles. The second kappa shape index (κ2) is 7.75. The fraction of sp³-hybridized carbons (Fsp3) is 0.130. The molecule has 3 aromatic carbocycles. The third kappa shape index (κ3) is 4.11. The molecule has 1 N–H and O–H groups in total. The third-order valence-corrected chi connectivity index (χ3v) is 4.62. The Labute approximate surface area is 167 Å². The van der Waals surface area contributed by atoms with Gasteiger partial charge in [0.2, 0.25) is 5.89 Å². The minimum Gasteiger partial charge on any atom is -0.484 e. The van der Waals surface area contributed by atoms with E-state index in [0.29, 0.717) is 22.5 Å². The normalized spacial score (nSPS) is 10.9. The van der Waals surface area contributed by atoms with E-state index in [2.05, 4.69) is 10.3 Å². The van der Waals surface area contributed by atoms with Crippen LogP contribution in [0.25, 0.3) is 22.6 Å². The maximum Gasteiger partial charge on any atom is 0.262 e. The van der Waals surface area contributed by atoms with Gasteiger partial charge in [-0.05, 0) is 67.4 Å². The van der Waals surface area contributed by atoms with Gasteiger partial charge < -0.3 is 14.5 Å². The summed E-state index contributed by atoms with van der Waals surface area (Å²) in [7, 11) is 0. The standard InChI is InChI=1S/C23H19FN2O3/c1-14-7-9-17(11-15(14)2)28-13-22(27)25-16-8-10-21-20(12-16)26-23(29-21)18-5-3-4-6-19(18)24/h3-12H,13H2,1-2H3,(H,25,27). The number of carbonyl (C=O) groups is 1. The van der Waals surface area contributed by atoms with Gasteiger partial charge in [0.15, 0.2) is 12.2 Å². The fourth-order valence-corrected chi connectivity index (χ4v) is 2.90. The van der Waals surface area contributed by atoms with Crippen molar-refractivity contribution in [2.75, 3.05) is 11.9 Å². The van der Waals surface area contributed by atoms with Gasteiger partial charge in [0, 0.05) is 5.69 Å². The molecule has 0 fully saturated rings. The van der Waals surface area contributed by atoms with Gasteiger partial charge in [-0.2, -0.15) is 0 Å². The number of halogens is 1. The van der Waals surface area contributed by atoms with Crippen molar-refractivity contribution in [3.63, 3.8) is 0 Å². The number of amides is 1. The van der Waals surface area contributed by atoms with Crippen molar-refractivity contribution in [2.45, 2.75) is 13.8 Å². The molecule has 5 nitrogen and oxygen atoms in total. The van der Waals surface area contributed by atoms with Gasteiger partial charge in [-0.3, -0.25) is 4.79 Å². The van der Waals surface area contributed by atoms with Crippen LogP contribution < -0.4 is 10.1 Å². The highest BCUT2D eigenvalue weighted by Gasteiger charge is 2.13. The summed E-state index contributed by atoms with van der Waals surface area (Å²) in [5.74, 6) is 0.140. The summed E-state index contributed by atoms with van der Waals surface area (Å²) in [4.78, 5) is 16.5. The van der Waals surface area contributed by atoms with E-state index in [-0.39, 0.29) is 24.0 Å². The quantitative estimate of drug-likeness (QED) is 0.504. The van der Waals surface area contributed by atoms with Crippen LogP contribution in [0, 0.1) is 19.7 Å². The molecule has 1 amide bonds. The first-order valence-corrected chi connectivity index (χ1v) is 9.15. The Hall–Kier alpha value is -3.67. The molecule has 4 aromatic rings. The van der Waals surface area contributed by atoms with Crippen molar-refractivity contribution in [2.24, 2.45) is 0 Å². The van der Waals surface area contributed by atoms with Crippen LogP contribution in [-0.4, -0.2) is 17.5 Å². The van der Waals surface area contributed by atoms with E-state index in [0.717, 1.165) is 11.1 Å². The second-order valence-electron chi connectivity index (χ2n) is 6.76. The Morgan fingerprint density at radius 2 is 1.90 bits per heavy atom. The number of oxazole rings is 1. The number of aromatic nitrogens is 1. The van der Waals surface area contributed by atoms with Crippen LogP contribution in [0.3, 0.4) is 0 Å². The summed E-state index contributed by atoms with van der Waals surface area (Å²) >= 11 is 0. The predicted octanol–water partition coefficient (Wildman–Crippen LogP) is 5.27. The summed E-state index contributed by atoms with van der Waals surface area (Å²) in [6.45, 7) is 3.90. The molecule has 0 aliphatic heterocycles. The Balaban J connectivity index is 1.46. The molecule has 0 aliphatic carbocycles. The molecule has 0 saturated heterocycles. The largest absolute Gasteiger partial charge is 0.484 e.